The minimum absolute atomic E-state index is 0.0768. The van der Waals surface area contributed by atoms with E-state index in [2.05, 4.69) is 93.7 Å². The second kappa shape index (κ2) is 64.4. The van der Waals surface area contributed by atoms with E-state index in [1.165, 1.54) is 199 Å². The van der Waals surface area contributed by atoms with Crippen molar-refractivity contribution in [1.29, 1.82) is 0 Å². The van der Waals surface area contributed by atoms with Crippen molar-refractivity contribution in [2.24, 2.45) is 0 Å². The van der Waals surface area contributed by atoms with Crippen molar-refractivity contribution in [1.82, 2.24) is 0 Å². The lowest BCUT2D eigenvalue weighted by Gasteiger charge is -2.18. The van der Waals surface area contributed by atoms with E-state index in [9.17, 15) is 14.4 Å². The number of carbonyl (C=O) groups excluding carboxylic acids is 3. The topological polar surface area (TPSA) is 78.9 Å². The fourth-order valence-electron chi connectivity index (χ4n) is 9.53. The zero-order chi connectivity index (χ0) is 55.0. The van der Waals surface area contributed by atoms with Gasteiger partial charge in [-0.3, -0.25) is 14.4 Å². The van der Waals surface area contributed by atoms with Crippen LogP contribution in [0.3, 0.4) is 0 Å². The largest absolute Gasteiger partial charge is 0.462 e. The van der Waals surface area contributed by atoms with Gasteiger partial charge in [0.05, 0.1) is 0 Å². The molecule has 0 amide bonds. The summed E-state index contributed by atoms with van der Waals surface area (Å²) in [5.41, 5.74) is 0. The van der Waals surface area contributed by atoms with Crippen LogP contribution in [0.2, 0.25) is 0 Å². The fraction of sp³-hybridized carbons (Fsp3) is 0.786. The zero-order valence-corrected chi connectivity index (χ0v) is 50.5. The van der Waals surface area contributed by atoms with Crippen molar-refractivity contribution in [3.8, 4) is 0 Å². The van der Waals surface area contributed by atoms with E-state index in [1.807, 2.05) is 0 Å². The Hall–Kier alpha value is -3.15. The Morgan fingerprint density at radius 1 is 0.276 bits per heavy atom. The number of carbonyl (C=O) groups is 3. The van der Waals surface area contributed by atoms with E-state index < -0.39 is 6.10 Å². The molecular formula is C70H124O6. The Morgan fingerprint density at radius 2 is 0.513 bits per heavy atom. The minimum Gasteiger partial charge on any atom is -0.462 e. The molecule has 0 radical (unpaired) electrons. The first kappa shape index (κ1) is 72.8. The highest BCUT2D eigenvalue weighted by Gasteiger charge is 2.19. The van der Waals surface area contributed by atoms with Crippen molar-refractivity contribution in [2.45, 2.75) is 341 Å². The maximum absolute atomic E-state index is 12.9. The van der Waals surface area contributed by atoms with Gasteiger partial charge in [0.25, 0.3) is 0 Å². The van der Waals surface area contributed by atoms with Gasteiger partial charge in [-0.25, -0.2) is 0 Å². The Bertz CT molecular complexity index is 1400. The first-order valence-corrected chi connectivity index (χ1v) is 32.9. The van der Waals surface area contributed by atoms with Gasteiger partial charge in [0.2, 0.25) is 0 Å². The molecular weight excluding hydrogens is 937 g/mol. The molecule has 0 bridgehead atoms. The van der Waals surface area contributed by atoms with E-state index in [-0.39, 0.29) is 31.1 Å². The molecule has 6 heteroatoms. The molecule has 0 heterocycles. The summed E-state index contributed by atoms with van der Waals surface area (Å²) in [5, 5.41) is 0. The molecule has 0 N–H and O–H groups in total. The summed E-state index contributed by atoms with van der Waals surface area (Å²) in [6.45, 7) is 6.54. The molecule has 0 saturated carbocycles. The molecule has 0 aromatic carbocycles. The lowest BCUT2D eigenvalue weighted by molar-refractivity contribution is -0.167. The number of hydrogen-bond donors (Lipinski definition) is 0. The molecule has 0 rings (SSSR count). The van der Waals surface area contributed by atoms with Gasteiger partial charge in [-0.15, -0.1) is 0 Å². The third-order valence-electron chi connectivity index (χ3n) is 14.4. The third-order valence-corrected chi connectivity index (χ3v) is 14.4. The predicted molar refractivity (Wildman–Crippen MR) is 330 cm³/mol. The Morgan fingerprint density at radius 3 is 0.816 bits per heavy atom. The fourth-order valence-corrected chi connectivity index (χ4v) is 9.53. The van der Waals surface area contributed by atoms with Crippen molar-refractivity contribution in [3.05, 3.63) is 72.9 Å². The zero-order valence-electron chi connectivity index (χ0n) is 50.5. The lowest BCUT2D eigenvalue weighted by Crippen LogP contribution is -2.30. The summed E-state index contributed by atoms with van der Waals surface area (Å²) < 4.78 is 16.9. The summed E-state index contributed by atoms with van der Waals surface area (Å²) >= 11 is 0. The van der Waals surface area contributed by atoms with Gasteiger partial charge in [0.15, 0.2) is 6.10 Å². The molecule has 0 aliphatic carbocycles. The number of unbranched alkanes of at least 4 members (excludes halogenated alkanes) is 37. The first-order chi connectivity index (χ1) is 37.5. The normalized spacial score (nSPS) is 12.5. The molecule has 1 atom stereocenters. The van der Waals surface area contributed by atoms with Crippen LogP contribution in [0.1, 0.15) is 335 Å². The van der Waals surface area contributed by atoms with Gasteiger partial charge in [-0.05, 0) is 89.9 Å². The summed E-state index contributed by atoms with van der Waals surface area (Å²) in [6.07, 6.45) is 83.5. The van der Waals surface area contributed by atoms with Crippen LogP contribution in [-0.2, 0) is 28.6 Å². The molecule has 76 heavy (non-hydrogen) atoms. The van der Waals surface area contributed by atoms with Crippen molar-refractivity contribution in [2.75, 3.05) is 13.2 Å². The van der Waals surface area contributed by atoms with Crippen LogP contribution in [-0.4, -0.2) is 37.2 Å². The van der Waals surface area contributed by atoms with Gasteiger partial charge in [-0.2, -0.15) is 0 Å². The molecule has 0 aromatic rings. The van der Waals surface area contributed by atoms with E-state index in [0.717, 1.165) is 96.3 Å². The Balaban J connectivity index is 4.24. The quantitative estimate of drug-likeness (QED) is 0.0261. The molecule has 440 valence electrons. The molecule has 0 aliphatic heterocycles. The standard InChI is InChI=1S/C70H124O6/c1-4-7-10-13-16-19-22-24-26-28-30-32-34-35-37-38-40-42-44-46-48-51-54-57-60-63-69(72)75-66-67(65-74-68(71)62-59-56-53-50-21-18-15-12-9-6-3)76-70(73)64-61-58-55-52-49-47-45-43-41-39-36-33-31-29-27-25-23-20-17-14-11-8-5-2/h8,11,17,20,25,27-28,30-31,33,39,41,67H,4-7,9-10,12-16,18-19,21-24,26,29,32,34-38,40,42-66H2,1-3H3/b11-8-,20-17-,27-25-,30-28-,33-31-,41-39-. The molecule has 0 aromatic heterocycles. The summed E-state index contributed by atoms with van der Waals surface area (Å²) in [5.74, 6) is -0.874. The number of ether oxygens (including phenoxy) is 3. The van der Waals surface area contributed by atoms with E-state index in [4.69, 9.17) is 14.2 Å². The van der Waals surface area contributed by atoms with Crippen molar-refractivity contribution >= 4 is 17.9 Å². The number of esters is 3. The maximum atomic E-state index is 12.9. The summed E-state index contributed by atoms with van der Waals surface area (Å²) in [7, 11) is 0. The van der Waals surface area contributed by atoms with Crippen molar-refractivity contribution < 1.29 is 28.6 Å². The lowest BCUT2D eigenvalue weighted by atomic mass is 10.0. The van der Waals surface area contributed by atoms with Crippen LogP contribution in [0.15, 0.2) is 72.9 Å². The number of hydrogen-bond acceptors (Lipinski definition) is 6. The smallest absolute Gasteiger partial charge is 0.306 e. The van der Waals surface area contributed by atoms with Crippen LogP contribution in [0.4, 0.5) is 0 Å². The predicted octanol–water partition coefficient (Wildman–Crippen LogP) is 22.5. The van der Waals surface area contributed by atoms with Gasteiger partial charge >= 0.3 is 17.9 Å². The highest BCUT2D eigenvalue weighted by Crippen LogP contribution is 2.17. The monoisotopic (exact) mass is 1060 g/mol. The van der Waals surface area contributed by atoms with E-state index >= 15 is 0 Å². The van der Waals surface area contributed by atoms with Crippen molar-refractivity contribution in [3.63, 3.8) is 0 Å². The first-order valence-electron chi connectivity index (χ1n) is 32.9. The van der Waals surface area contributed by atoms with Gasteiger partial charge in [0, 0.05) is 19.3 Å². The maximum Gasteiger partial charge on any atom is 0.306 e. The van der Waals surface area contributed by atoms with Crippen LogP contribution < -0.4 is 0 Å². The van der Waals surface area contributed by atoms with Crippen LogP contribution in [0, 0.1) is 0 Å². The third kappa shape index (κ3) is 61.7. The minimum atomic E-state index is -0.780. The molecule has 0 fully saturated rings. The summed E-state index contributed by atoms with van der Waals surface area (Å²) in [6, 6.07) is 0. The Kier molecular flexibility index (Phi) is 61.7. The SMILES string of the molecule is CC/C=C\C/C=C\C/C=C\C/C=C\C/C=C\CCCCCCCCCC(=O)OC(COC(=O)CCCCCCCCCCCC)COC(=O)CCCCCCCCCCCCCCC/C=C\CCCCCCCCCC. The molecule has 6 nitrogen and oxygen atoms in total. The number of allylic oxidation sites excluding steroid dienone is 12. The van der Waals surface area contributed by atoms with Crippen LogP contribution in [0.25, 0.3) is 0 Å². The average Bonchev–Trinajstić information content (AvgIpc) is 3.42. The highest BCUT2D eigenvalue weighted by atomic mass is 16.6. The number of rotatable bonds is 60. The molecule has 1 unspecified atom stereocenters. The van der Waals surface area contributed by atoms with E-state index in [0.29, 0.717) is 19.3 Å². The van der Waals surface area contributed by atoms with Gasteiger partial charge in [0.1, 0.15) is 13.2 Å². The molecule has 0 saturated heterocycles. The molecule has 0 spiro atoms. The van der Waals surface area contributed by atoms with Gasteiger partial charge in [-0.1, -0.05) is 299 Å². The van der Waals surface area contributed by atoms with E-state index in [1.54, 1.807) is 0 Å². The second-order valence-corrected chi connectivity index (χ2v) is 22.0. The average molecular weight is 1060 g/mol. The van der Waals surface area contributed by atoms with Crippen LogP contribution >= 0.6 is 0 Å². The van der Waals surface area contributed by atoms with Crippen LogP contribution in [0.5, 0.6) is 0 Å². The second-order valence-electron chi connectivity index (χ2n) is 22.0. The molecule has 0 aliphatic rings. The van der Waals surface area contributed by atoms with Gasteiger partial charge < -0.3 is 14.2 Å². The Labute approximate surface area is 472 Å². The highest BCUT2D eigenvalue weighted by molar-refractivity contribution is 5.71. The summed E-state index contributed by atoms with van der Waals surface area (Å²) in [4.78, 5) is 38.3.